The number of nitrogens with one attached hydrogen (secondary N) is 1. The molecule has 10 heteroatoms. The van der Waals surface area contributed by atoms with E-state index in [9.17, 15) is 14.4 Å². The number of urea groups is 1. The Hall–Kier alpha value is -3.17. The zero-order valence-corrected chi connectivity index (χ0v) is 12.2. The van der Waals surface area contributed by atoms with Gasteiger partial charge in [0.05, 0.1) is 6.20 Å². The Morgan fingerprint density at radius 2 is 2.22 bits per heavy atom. The molecule has 0 fully saturated rings. The maximum Gasteiger partial charge on any atom is 0.352 e. The number of amides is 4. The molecule has 0 saturated heterocycles. The number of imide groups is 1. The number of allylic oxidation sites excluding steroid dienone is 1. The molecule has 1 unspecified atom stereocenters. The number of amidine groups is 1. The second-order valence-corrected chi connectivity index (χ2v) is 4.92. The second-order valence-electron chi connectivity index (χ2n) is 4.92. The highest BCUT2D eigenvalue weighted by atomic mass is 16.2. The third kappa shape index (κ3) is 2.91. The Labute approximate surface area is 130 Å². The van der Waals surface area contributed by atoms with Crippen molar-refractivity contribution >= 4 is 29.9 Å². The van der Waals surface area contributed by atoms with Gasteiger partial charge in [0, 0.05) is 26.4 Å². The lowest BCUT2D eigenvalue weighted by Gasteiger charge is -2.27. The normalized spacial score (nSPS) is 19.6. The predicted molar refractivity (Wildman–Crippen MR) is 79.0 cm³/mol. The van der Waals surface area contributed by atoms with E-state index >= 15 is 0 Å². The molecule has 1 atom stereocenters. The van der Waals surface area contributed by atoms with E-state index in [0.29, 0.717) is 0 Å². The third-order valence-electron chi connectivity index (χ3n) is 3.30. The summed E-state index contributed by atoms with van der Waals surface area (Å²) in [6.45, 7) is 0.117. The summed E-state index contributed by atoms with van der Waals surface area (Å²) < 4.78 is 1.40. The highest BCUT2D eigenvalue weighted by Gasteiger charge is 2.36. The van der Waals surface area contributed by atoms with Crippen LogP contribution in [-0.4, -0.2) is 62.9 Å². The van der Waals surface area contributed by atoms with Gasteiger partial charge in [0.2, 0.25) is 5.91 Å². The highest BCUT2D eigenvalue weighted by molar-refractivity contribution is 6.19. The summed E-state index contributed by atoms with van der Waals surface area (Å²) in [5.41, 5.74) is 0.161. The van der Waals surface area contributed by atoms with Gasteiger partial charge in [-0.05, 0) is 6.08 Å². The van der Waals surface area contributed by atoms with Crippen molar-refractivity contribution in [3.8, 4) is 0 Å². The lowest BCUT2D eigenvalue weighted by Crippen LogP contribution is -2.48. The summed E-state index contributed by atoms with van der Waals surface area (Å²) in [6.07, 6.45) is 6.21. The van der Waals surface area contributed by atoms with Gasteiger partial charge in [-0.3, -0.25) is 19.2 Å². The van der Waals surface area contributed by atoms with Crippen LogP contribution in [0, 0.1) is 5.92 Å². The molecule has 10 nitrogen and oxygen atoms in total. The van der Waals surface area contributed by atoms with Crippen LogP contribution in [0.1, 0.15) is 10.5 Å². The molecule has 0 bridgehead atoms. The molecule has 2 aliphatic rings. The standard InChI is InChI=1S/C13H13N7O3/c1-19-7-9(17-18-19)11(21)15-5-6-20-12(22)8-3-2-4-14-10(8)16-13(20)23/h2-4,7-8H,5-6H2,1H3,(H,15,21). The minimum Gasteiger partial charge on any atom is -0.349 e. The van der Waals surface area contributed by atoms with E-state index in [4.69, 9.17) is 0 Å². The number of carbonyl (C=O) groups excluding carboxylic acids is 3. The molecule has 3 rings (SSSR count). The van der Waals surface area contributed by atoms with Crippen molar-refractivity contribution in [1.82, 2.24) is 25.2 Å². The summed E-state index contributed by atoms with van der Waals surface area (Å²) in [5.74, 6) is -1.28. The Balaban J connectivity index is 1.60. The molecule has 118 valence electrons. The van der Waals surface area contributed by atoms with Crippen molar-refractivity contribution in [2.45, 2.75) is 0 Å². The van der Waals surface area contributed by atoms with Crippen LogP contribution in [0.2, 0.25) is 0 Å². The number of nitrogens with zero attached hydrogens (tertiary/aromatic N) is 6. The maximum atomic E-state index is 12.3. The third-order valence-corrected chi connectivity index (χ3v) is 3.30. The average molecular weight is 315 g/mol. The zero-order chi connectivity index (χ0) is 16.4. The van der Waals surface area contributed by atoms with Gasteiger partial charge in [-0.1, -0.05) is 11.3 Å². The molecule has 0 radical (unpaired) electrons. The number of hydrogen-bond donors (Lipinski definition) is 1. The Morgan fingerprint density at radius 3 is 2.96 bits per heavy atom. The molecule has 1 N–H and O–H groups in total. The van der Waals surface area contributed by atoms with Crippen LogP contribution < -0.4 is 5.32 Å². The van der Waals surface area contributed by atoms with Gasteiger partial charge in [0.15, 0.2) is 5.69 Å². The van der Waals surface area contributed by atoms with Crippen molar-refractivity contribution in [2.24, 2.45) is 23.0 Å². The topological polar surface area (TPSA) is 122 Å². The van der Waals surface area contributed by atoms with Gasteiger partial charge >= 0.3 is 6.03 Å². The number of aromatic nitrogens is 3. The van der Waals surface area contributed by atoms with Gasteiger partial charge in [-0.2, -0.15) is 4.99 Å². The Kier molecular flexibility index (Phi) is 3.79. The summed E-state index contributed by atoms with van der Waals surface area (Å²) in [6, 6.07) is -0.678. The fraction of sp³-hybridized carbons (Fsp3) is 0.308. The smallest absolute Gasteiger partial charge is 0.349 e. The molecular weight excluding hydrogens is 302 g/mol. The molecular formula is C13H13N7O3. The Morgan fingerprint density at radius 1 is 1.39 bits per heavy atom. The van der Waals surface area contributed by atoms with Crippen molar-refractivity contribution in [1.29, 1.82) is 0 Å². The van der Waals surface area contributed by atoms with Gasteiger partial charge in [0.1, 0.15) is 11.8 Å². The Bertz CT molecular complexity index is 761. The number of dihydropyridines is 1. The summed E-state index contributed by atoms with van der Waals surface area (Å²) >= 11 is 0. The molecule has 1 aromatic rings. The molecule has 0 aliphatic carbocycles. The first kappa shape index (κ1) is 14.8. The minimum absolute atomic E-state index is 0.0223. The van der Waals surface area contributed by atoms with Crippen molar-refractivity contribution in [2.75, 3.05) is 13.1 Å². The first-order valence-electron chi connectivity index (χ1n) is 6.85. The van der Waals surface area contributed by atoms with Gasteiger partial charge < -0.3 is 5.32 Å². The SMILES string of the molecule is Cn1cc(C(=O)NCCN2C(=O)N=C3N=CC=CC3C2=O)nn1. The first-order chi connectivity index (χ1) is 11.1. The second kappa shape index (κ2) is 5.91. The van der Waals surface area contributed by atoms with Gasteiger partial charge in [-0.25, -0.2) is 9.79 Å². The van der Waals surface area contributed by atoms with Crippen LogP contribution in [0.4, 0.5) is 4.79 Å². The molecule has 1 aromatic heterocycles. The summed E-state index contributed by atoms with van der Waals surface area (Å²) in [7, 11) is 1.64. The monoisotopic (exact) mass is 315 g/mol. The summed E-state index contributed by atoms with van der Waals surface area (Å²) in [5, 5.41) is 9.90. The number of aliphatic imine (C=N–C) groups is 2. The molecule has 4 amide bonds. The largest absolute Gasteiger partial charge is 0.352 e. The predicted octanol–water partition coefficient (Wildman–Crippen LogP) is -0.838. The fourth-order valence-corrected chi connectivity index (χ4v) is 2.19. The average Bonchev–Trinajstić information content (AvgIpc) is 2.97. The zero-order valence-electron chi connectivity index (χ0n) is 12.2. The van der Waals surface area contributed by atoms with Crippen molar-refractivity contribution < 1.29 is 14.4 Å². The van der Waals surface area contributed by atoms with E-state index in [1.54, 1.807) is 19.2 Å². The van der Waals surface area contributed by atoms with E-state index < -0.39 is 23.8 Å². The molecule has 2 aliphatic heterocycles. The number of fused-ring (bicyclic) bond motifs is 1. The molecule has 3 heterocycles. The first-order valence-corrected chi connectivity index (χ1v) is 6.85. The van der Waals surface area contributed by atoms with Crippen molar-refractivity contribution in [3.05, 3.63) is 24.0 Å². The minimum atomic E-state index is -0.678. The lowest BCUT2D eigenvalue weighted by molar-refractivity contribution is -0.129. The lowest BCUT2D eigenvalue weighted by atomic mass is 10.0. The fourth-order valence-electron chi connectivity index (χ4n) is 2.19. The van der Waals surface area contributed by atoms with E-state index in [-0.39, 0.29) is 24.6 Å². The number of rotatable bonds is 4. The maximum absolute atomic E-state index is 12.3. The molecule has 0 saturated carbocycles. The highest BCUT2D eigenvalue weighted by Crippen LogP contribution is 2.18. The number of aryl methyl sites for hydroxylation is 1. The molecule has 0 aromatic carbocycles. The van der Waals surface area contributed by atoms with E-state index in [2.05, 4.69) is 25.6 Å². The quantitative estimate of drug-likeness (QED) is 0.776. The van der Waals surface area contributed by atoms with Crippen LogP contribution in [0.3, 0.4) is 0 Å². The van der Waals surface area contributed by atoms with E-state index in [0.717, 1.165) is 4.90 Å². The van der Waals surface area contributed by atoms with Crippen molar-refractivity contribution in [3.63, 3.8) is 0 Å². The van der Waals surface area contributed by atoms with Crippen LogP contribution in [-0.2, 0) is 11.8 Å². The van der Waals surface area contributed by atoms with E-state index in [1.165, 1.54) is 17.1 Å². The molecule has 23 heavy (non-hydrogen) atoms. The van der Waals surface area contributed by atoms with Gasteiger partial charge in [-0.15, -0.1) is 5.10 Å². The van der Waals surface area contributed by atoms with E-state index in [1.807, 2.05) is 0 Å². The van der Waals surface area contributed by atoms with Crippen LogP contribution in [0.25, 0.3) is 0 Å². The van der Waals surface area contributed by atoms with Crippen LogP contribution in [0.15, 0.2) is 28.3 Å². The van der Waals surface area contributed by atoms with Gasteiger partial charge in [0.25, 0.3) is 5.91 Å². The van der Waals surface area contributed by atoms with Crippen LogP contribution >= 0.6 is 0 Å². The van der Waals surface area contributed by atoms with Crippen LogP contribution in [0.5, 0.6) is 0 Å². The molecule has 0 spiro atoms. The summed E-state index contributed by atoms with van der Waals surface area (Å²) in [4.78, 5) is 44.7. The number of carbonyl (C=O) groups is 3. The number of hydrogen-bond acceptors (Lipinski definition) is 6.